The van der Waals surface area contributed by atoms with E-state index >= 15 is 4.39 Å². The Morgan fingerprint density at radius 2 is 1.71 bits per heavy atom. The number of aryl methyl sites for hydroxylation is 2. The van der Waals surface area contributed by atoms with Crippen LogP contribution in [-0.2, 0) is 29.9 Å². The first-order valence-electron chi connectivity index (χ1n) is 13.7. The number of unbranched alkanes of at least 4 members (excludes halogenated alkanes) is 1. The van der Waals surface area contributed by atoms with Crippen LogP contribution < -0.4 is 15.0 Å². The molecule has 0 spiro atoms. The van der Waals surface area contributed by atoms with Crippen LogP contribution in [0.15, 0.2) is 82.6 Å². The SMILES string of the molecule is Cn1cc(-c2cc(S(=O)(=O)C3CC3)ccc2Oc2c(F)cc(F)cc2CCCCO)c(OCc2ccccc2)cc1=O. The Kier molecular flexibility index (Phi) is 8.74. The smallest absolute Gasteiger partial charge is 0.254 e. The third-order valence-electron chi connectivity index (χ3n) is 7.11. The second kappa shape index (κ2) is 12.5. The van der Waals surface area contributed by atoms with E-state index in [1.54, 1.807) is 7.05 Å². The number of hydrogen-bond donors (Lipinski definition) is 1. The minimum atomic E-state index is -3.62. The van der Waals surface area contributed by atoms with E-state index in [2.05, 4.69) is 0 Å². The molecule has 0 amide bonds. The van der Waals surface area contributed by atoms with Crippen molar-refractivity contribution in [2.75, 3.05) is 6.61 Å². The van der Waals surface area contributed by atoms with Crippen LogP contribution in [0.25, 0.3) is 11.1 Å². The van der Waals surface area contributed by atoms with Crippen molar-refractivity contribution in [1.82, 2.24) is 4.57 Å². The largest absolute Gasteiger partial charge is 0.488 e. The molecule has 220 valence electrons. The van der Waals surface area contributed by atoms with Gasteiger partial charge < -0.3 is 19.1 Å². The third-order valence-corrected chi connectivity index (χ3v) is 9.37. The first-order valence-corrected chi connectivity index (χ1v) is 15.2. The van der Waals surface area contributed by atoms with Crippen molar-refractivity contribution in [2.45, 2.75) is 48.9 Å². The van der Waals surface area contributed by atoms with Gasteiger partial charge in [0.1, 0.15) is 23.9 Å². The van der Waals surface area contributed by atoms with Crippen molar-refractivity contribution in [3.63, 3.8) is 0 Å². The van der Waals surface area contributed by atoms with Gasteiger partial charge >= 0.3 is 0 Å². The van der Waals surface area contributed by atoms with Gasteiger partial charge in [0.2, 0.25) is 0 Å². The van der Waals surface area contributed by atoms with E-state index in [1.807, 2.05) is 30.3 Å². The number of rotatable bonds is 12. The molecule has 1 saturated carbocycles. The van der Waals surface area contributed by atoms with Gasteiger partial charge in [0.05, 0.1) is 10.1 Å². The number of hydrogen-bond acceptors (Lipinski definition) is 6. The third kappa shape index (κ3) is 6.55. The maximum Gasteiger partial charge on any atom is 0.254 e. The topological polar surface area (TPSA) is 94.8 Å². The van der Waals surface area contributed by atoms with Gasteiger partial charge in [0.25, 0.3) is 5.56 Å². The number of nitrogens with zero attached hydrogens (tertiary/aromatic N) is 1. The van der Waals surface area contributed by atoms with Crippen molar-refractivity contribution in [1.29, 1.82) is 0 Å². The zero-order chi connectivity index (χ0) is 29.9. The summed E-state index contributed by atoms with van der Waals surface area (Å²) in [5, 5.41) is 8.70. The summed E-state index contributed by atoms with van der Waals surface area (Å²) >= 11 is 0. The summed E-state index contributed by atoms with van der Waals surface area (Å²) in [7, 11) is -2.07. The van der Waals surface area contributed by atoms with Crippen LogP contribution in [0.5, 0.6) is 17.2 Å². The average Bonchev–Trinajstić information content (AvgIpc) is 3.82. The maximum absolute atomic E-state index is 15.1. The molecule has 5 rings (SSSR count). The molecular formula is C32H31F2NO6S. The molecule has 0 atom stereocenters. The Labute approximate surface area is 242 Å². The number of aliphatic hydroxyl groups excluding tert-OH is 1. The fourth-order valence-electron chi connectivity index (χ4n) is 4.68. The van der Waals surface area contributed by atoms with Gasteiger partial charge in [-0.25, -0.2) is 17.2 Å². The van der Waals surface area contributed by atoms with E-state index in [0.29, 0.717) is 31.2 Å². The minimum absolute atomic E-state index is 0.0620. The Morgan fingerprint density at radius 1 is 0.952 bits per heavy atom. The summed E-state index contributed by atoms with van der Waals surface area (Å²) < 4.78 is 69.2. The highest BCUT2D eigenvalue weighted by Crippen LogP contribution is 2.43. The lowest BCUT2D eigenvalue weighted by atomic mass is 10.0. The lowest BCUT2D eigenvalue weighted by Gasteiger charge is -2.19. The molecule has 42 heavy (non-hydrogen) atoms. The highest BCUT2D eigenvalue weighted by molar-refractivity contribution is 7.92. The molecule has 7 nitrogen and oxygen atoms in total. The van der Waals surface area contributed by atoms with Crippen LogP contribution >= 0.6 is 0 Å². The standard InChI is InChI=1S/C32H31F2NO6S/c1-35-19-27(30(18-31(35)37)40-20-21-7-3-2-4-8-21)26-17-25(42(38,39)24-10-11-24)12-13-29(26)41-32-22(9-5-6-14-36)15-23(33)16-28(32)34/h2-4,7-8,12-13,15-19,24,36H,5-6,9-11,14,20H2,1H3. The van der Waals surface area contributed by atoms with Crippen molar-refractivity contribution in [3.05, 3.63) is 106 Å². The van der Waals surface area contributed by atoms with Crippen LogP contribution in [0.3, 0.4) is 0 Å². The zero-order valence-electron chi connectivity index (χ0n) is 23.1. The van der Waals surface area contributed by atoms with E-state index in [9.17, 15) is 22.7 Å². The molecule has 3 aromatic carbocycles. The summed E-state index contributed by atoms with van der Waals surface area (Å²) in [4.78, 5) is 12.7. The Bertz CT molecular complexity index is 1750. The number of sulfone groups is 1. The zero-order valence-corrected chi connectivity index (χ0v) is 23.9. The fraction of sp³-hybridized carbons (Fsp3) is 0.281. The first-order chi connectivity index (χ1) is 20.2. The van der Waals surface area contributed by atoms with E-state index < -0.39 is 26.7 Å². The van der Waals surface area contributed by atoms with Crippen LogP contribution in [0.1, 0.15) is 36.8 Å². The Morgan fingerprint density at radius 3 is 2.43 bits per heavy atom. The predicted molar refractivity (Wildman–Crippen MR) is 155 cm³/mol. The van der Waals surface area contributed by atoms with E-state index in [0.717, 1.165) is 11.6 Å². The number of aliphatic hydroxyl groups is 1. The van der Waals surface area contributed by atoms with Crippen LogP contribution in [0.4, 0.5) is 8.78 Å². The summed E-state index contributed by atoms with van der Waals surface area (Å²) in [6.45, 7) is 0.0758. The molecule has 1 heterocycles. The van der Waals surface area contributed by atoms with E-state index in [1.165, 1.54) is 41.1 Å². The molecule has 1 aromatic heterocycles. The van der Waals surface area contributed by atoms with Crippen LogP contribution in [0, 0.1) is 11.6 Å². The van der Waals surface area contributed by atoms with Crippen LogP contribution in [0.2, 0.25) is 0 Å². The molecule has 4 aromatic rings. The summed E-state index contributed by atoms with van der Waals surface area (Å²) in [5.41, 5.74) is 1.40. The molecule has 0 bridgehead atoms. The van der Waals surface area contributed by atoms with Gasteiger partial charge in [0.15, 0.2) is 21.4 Å². The molecule has 0 aliphatic heterocycles. The number of halogens is 2. The summed E-state index contributed by atoms with van der Waals surface area (Å²) in [6, 6.07) is 16.8. The molecule has 10 heteroatoms. The van der Waals surface area contributed by atoms with Gasteiger partial charge in [0, 0.05) is 48.7 Å². The van der Waals surface area contributed by atoms with Gasteiger partial charge in [-0.15, -0.1) is 0 Å². The molecule has 1 aliphatic carbocycles. The number of aromatic nitrogens is 1. The predicted octanol–water partition coefficient (Wildman–Crippen LogP) is 5.95. The number of ether oxygens (including phenoxy) is 2. The Hall–Kier alpha value is -4.02. The van der Waals surface area contributed by atoms with Crippen molar-refractivity contribution >= 4 is 9.84 Å². The number of benzene rings is 3. The quantitative estimate of drug-likeness (QED) is 0.203. The summed E-state index contributed by atoms with van der Waals surface area (Å²) in [5.74, 6) is -1.60. The maximum atomic E-state index is 15.1. The molecule has 1 fully saturated rings. The molecule has 1 aliphatic rings. The van der Waals surface area contributed by atoms with Crippen molar-refractivity contribution in [2.24, 2.45) is 7.05 Å². The Balaban J connectivity index is 1.64. The van der Waals surface area contributed by atoms with Gasteiger partial charge in [-0.1, -0.05) is 30.3 Å². The lowest BCUT2D eigenvalue weighted by molar-refractivity contribution is 0.284. The van der Waals surface area contributed by atoms with Crippen molar-refractivity contribution in [3.8, 4) is 28.4 Å². The van der Waals surface area contributed by atoms with Gasteiger partial charge in [-0.05, 0) is 61.9 Å². The highest BCUT2D eigenvalue weighted by Gasteiger charge is 2.37. The van der Waals surface area contributed by atoms with E-state index in [-0.39, 0.29) is 58.5 Å². The molecule has 1 N–H and O–H groups in total. The minimum Gasteiger partial charge on any atom is -0.488 e. The van der Waals surface area contributed by atoms with Crippen LogP contribution in [-0.4, -0.2) is 29.9 Å². The second-order valence-electron chi connectivity index (χ2n) is 10.3. The molecule has 0 radical (unpaired) electrons. The average molecular weight is 596 g/mol. The van der Waals surface area contributed by atoms with E-state index in [4.69, 9.17) is 9.47 Å². The monoisotopic (exact) mass is 595 g/mol. The molecule has 0 unspecified atom stereocenters. The first kappa shape index (κ1) is 29.5. The van der Waals surface area contributed by atoms with Gasteiger partial charge in [-0.3, -0.25) is 4.79 Å². The number of pyridine rings is 1. The second-order valence-corrected chi connectivity index (χ2v) is 12.6. The van der Waals surface area contributed by atoms with Crippen molar-refractivity contribution < 1.29 is 31.8 Å². The fourth-order valence-corrected chi connectivity index (χ4v) is 6.36. The molecular weight excluding hydrogens is 564 g/mol. The van der Waals surface area contributed by atoms with Gasteiger partial charge in [-0.2, -0.15) is 0 Å². The highest BCUT2D eigenvalue weighted by atomic mass is 32.2. The molecule has 0 saturated heterocycles. The summed E-state index contributed by atoms with van der Waals surface area (Å²) in [6.07, 6.45) is 3.81. The lowest BCUT2D eigenvalue weighted by Crippen LogP contribution is -2.16. The normalized spacial score (nSPS) is 13.2.